The number of benzene rings is 3. The Hall–Kier alpha value is -0.570. The van der Waals surface area contributed by atoms with Crippen LogP contribution in [0.25, 0.3) is 21.5 Å². The fourth-order valence-electron chi connectivity index (χ4n) is 2.08. The van der Waals surface area contributed by atoms with Crippen LogP contribution in [0.1, 0.15) is 0 Å². The standard InChI is InChI=1S/C14H7Br2Cl/c15-10-4-3-8-1-2-9-5-11(16)7-13(17)14(9)12(8)6-10/h1-7H. The molecular weight excluding hydrogens is 363 g/mol. The molecule has 84 valence electrons. The highest BCUT2D eigenvalue weighted by molar-refractivity contribution is 9.10. The van der Waals surface area contributed by atoms with Crippen molar-refractivity contribution in [2.75, 3.05) is 0 Å². The summed E-state index contributed by atoms with van der Waals surface area (Å²) < 4.78 is 2.07. The predicted molar refractivity (Wildman–Crippen MR) is 81.9 cm³/mol. The molecule has 3 rings (SSSR count). The summed E-state index contributed by atoms with van der Waals surface area (Å²) in [6.07, 6.45) is 0. The topological polar surface area (TPSA) is 0 Å². The quantitative estimate of drug-likeness (QED) is 0.415. The minimum absolute atomic E-state index is 0.776. The number of hydrogen-bond donors (Lipinski definition) is 0. The maximum atomic E-state index is 6.35. The lowest BCUT2D eigenvalue weighted by Gasteiger charge is -2.07. The zero-order valence-corrected chi connectivity index (χ0v) is 12.6. The van der Waals surface area contributed by atoms with Crippen LogP contribution >= 0.6 is 43.5 Å². The zero-order chi connectivity index (χ0) is 12.0. The molecule has 0 spiro atoms. The maximum absolute atomic E-state index is 6.35. The van der Waals surface area contributed by atoms with Crippen molar-refractivity contribution in [1.29, 1.82) is 0 Å². The van der Waals surface area contributed by atoms with Crippen molar-refractivity contribution < 1.29 is 0 Å². The smallest absolute Gasteiger partial charge is 0.0501 e. The Balaban J connectivity index is 2.58. The van der Waals surface area contributed by atoms with E-state index in [4.69, 9.17) is 11.6 Å². The molecule has 0 saturated heterocycles. The van der Waals surface area contributed by atoms with Crippen LogP contribution in [0.2, 0.25) is 5.02 Å². The van der Waals surface area contributed by atoms with E-state index < -0.39 is 0 Å². The molecule has 0 aliphatic rings. The van der Waals surface area contributed by atoms with E-state index >= 15 is 0 Å². The highest BCUT2D eigenvalue weighted by atomic mass is 79.9. The van der Waals surface area contributed by atoms with Crippen LogP contribution in [0.5, 0.6) is 0 Å². The van der Waals surface area contributed by atoms with Gasteiger partial charge in [0.15, 0.2) is 0 Å². The van der Waals surface area contributed by atoms with Gasteiger partial charge in [-0.25, -0.2) is 0 Å². The van der Waals surface area contributed by atoms with E-state index in [0.29, 0.717) is 0 Å². The van der Waals surface area contributed by atoms with E-state index in [1.807, 2.05) is 12.1 Å². The van der Waals surface area contributed by atoms with Crippen molar-refractivity contribution in [3.05, 3.63) is 56.4 Å². The molecule has 17 heavy (non-hydrogen) atoms. The van der Waals surface area contributed by atoms with E-state index in [1.165, 1.54) is 10.8 Å². The summed E-state index contributed by atoms with van der Waals surface area (Å²) >= 11 is 13.3. The third kappa shape index (κ3) is 1.99. The summed E-state index contributed by atoms with van der Waals surface area (Å²) in [4.78, 5) is 0. The first-order valence-corrected chi connectivity index (χ1v) is 7.08. The summed E-state index contributed by atoms with van der Waals surface area (Å²) in [5.74, 6) is 0. The first-order valence-electron chi connectivity index (χ1n) is 5.12. The minimum Gasteiger partial charge on any atom is -0.0836 e. The summed E-state index contributed by atoms with van der Waals surface area (Å²) in [6.45, 7) is 0. The molecule has 3 aromatic carbocycles. The van der Waals surface area contributed by atoms with Gasteiger partial charge in [-0.05, 0) is 40.4 Å². The van der Waals surface area contributed by atoms with Crippen LogP contribution < -0.4 is 0 Å². The number of hydrogen-bond acceptors (Lipinski definition) is 0. The average molecular weight is 370 g/mol. The fraction of sp³-hybridized carbons (Fsp3) is 0. The molecule has 0 radical (unpaired) electrons. The second-order valence-corrected chi connectivity index (χ2v) is 6.16. The van der Waals surface area contributed by atoms with E-state index in [0.717, 1.165) is 24.7 Å². The first-order chi connectivity index (χ1) is 8.15. The van der Waals surface area contributed by atoms with Gasteiger partial charge in [-0.1, -0.05) is 61.7 Å². The number of rotatable bonds is 0. The summed E-state index contributed by atoms with van der Waals surface area (Å²) in [5.41, 5.74) is 0. The molecule has 0 nitrogen and oxygen atoms in total. The molecule has 0 N–H and O–H groups in total. The second kappa shape index (κ2) is 4.27. The normalized spacial score (nSPS) is 11.2. The maximum Gasteiger partial charge on any atom is 0.0501 e. The van der Waals surface area contributed by atoms with Crippen molar-refractivity contribution in [3.8, 4) is 0 Å². The van der Waals surface area contributed by atoms with Gasteiger partial charge in [0.2, 0.25) is 0 Å². The largest absolute Gasteiger partial charge is 0.0836 e. The molecule has 0 aliphatic heterocycles. The summed E-state index contributed by atoms with van der Waals surface area (Å²) in [7, 11) is 0. The van der Waals surface area contributed by atoms with Crippen molar-refractivity contribution >= 4 is 65.0 Å². The average Bonchev–Trinajstić information content (AvgIpc) is 2.27. The van der Waals surface area contributed by atoms with E-state index in [-0.39, 0.29) is 0 Å². The van der Waals surface area contributed by atoms with Gasteiger partial charge in [0.25, 0.3) is 0 Å². The lowest BCUT2D eigenvalue weighted by molar-refractivity contribution is 1.70. The molecule has 0 atom stereocenters. The molecule has 0 bridgehead atoms. The molecule has 0 amide bonds. The van der Waals surface area contributed by atoms with Crippen molar-refractivity contribution in [2.24, 2.45) is 0 Å². The number of fused-ring (bicyclic) bond motifs is 3. The van der Waals surface area contributed by atoms with E-state index in [9.17, 15) is 0 Å². The highest BCUT2D eigenvalue weighted by Crippen LogP contribution is 2.34. The van der Waals surface area contributed by atoms with Gasteiger partial charge in [-0.3, -0.25) is 0 Å². The van der Waals surface area contributed by atoms with Crippen molar-refractivity contribution in [2.45, 2.75) is 0 Å². The zero-order valence-electron chi connectivity index (χ0n) is 8.68. The van der Waals surface area contributed by atoms with Gasteiger partial charge in [-0.2, -0.15) is 0 Å². The van der Waals surface area contributed by atoms with Crippen LogP contribution in [0.15, 0.2) is 51.4 Å². The molecule has 0 unspecified atom stereocenters. The Morgan fingerprint density at radius 3 is 2.29 bits per heavy atom. The van der Waals surface area contributed by atoms with Crippen molar-refractivity contribution in [1.82, 2.24) is 0 Å². The molecule has 3 heteroatoms. The molecule has 0 aromatic heterocycles. The van der Waals surface area contributed by atoms with Gasteiger partial charge in [0.05, 0.1) is 5.02 Å². The van der Waals surface area contributed by atoms with Crippen LogP contribution in [-0.4, -0.2) is 0 Å². The molecule has 0 fully saturated rings. The Morgan fingerprint density at radius 1 is 0.765 bits per heavy atom. The summed E-state index contributed by atoms with van der Waals surface area (Å²) in [5, 5.41) is 5.40. The van der Waals surface area contributed by atoms with Crippen molar-refractivity contribution in [3.63, 3.8) is 0 Å². The molecule has 0 aliphatic carbocycles. The Labute approximate surface area is 121 Å². The van der Waals surface area contributed by atoms with E-state index in [1.54, 1.807) is 0 Å². The predicted octanol–water partition coefficient (Wildman–Crippen LogP) is 6.17. The molecule has 0 saturated carbocycles. The van der Waals surface area contributed by atoms with E-state index in [2.05, 4.69) is 62.2 Å². The molecule has 0 heterocycles. The third-order valence-electron chi connectivity index (χ3n) is 2.81. The number of halogens is 3. The summed E-state index contributed by atoms with van der Waals surface area (Å²) in [6, 6.07) is 14.5. The minimum atomic E-state index is 0.776. The Kier molecular flexibility index (Phi) is 2.89. The SMILES string of the molecule is Clc1cc(Br)cc2ccc3ccc(Br)cc3c12. The van der Waals surface area contributed by atoms with Crippen LogP contribution in [-0.2, 0) is 0 Å². The van der Waals surface area contributed by atoms with Crippen LogP contribution in [0.3, 0.4) is 0 Å². The Morgan fingerprint density at radius 2 is 1.47 bits per heavy atom. The fourth-order valence-corrected chi connectivity index (χ4v) is 3.38. The first kappa shape index (κ1) is 11.5. The van der Waals surface area contributed by atoms with Gasteiger partial charge in [0, 0.05) is 14.3 Å². The monoisotopic (exact) mass is 368 g/mol. The molecular formula is C14H7Br2Cl. The van der Waals surface area contributed by atoms with Gasteiger partial charge < -0.3 is 0 Å². The lowest BCUT2D eigenvalue weighted by atomic mass is 10.0. The van der Waals surface area contributed by atoms with Gasteiger partial charge >= 0.3 is 0 Å². The lowest BCUT2D eigenvalue weighted by Crippen LogP contribution is -1.80. The van der Waals surface area contributed by atoms with Gasteiger partial charge in [-0.15, -0.1) is 0 Å². The van der Waals surface area contributed by atoms with Crippen LogP contribution in [0, 0.1) is 0 Å². The third-order valence-corrected chi connectivity index (χ3v) is 4.06. The van der Waals surface area contributed by atoms with Gasteiger partial charge in [0.1, 0.15) is 0 Å². The Bertz CT molecular complexity index is 735. The second-order valence-electron chi connectivity index (χ2n) is 3.92. The highest BCUT2D eigenvalue weighted by Gasteiger charge is 2.06. The molecule has 3 aromatic rings. The van der Waals surface area contributed by atoms with Crippen LogP contribution in [0.4, 0.5) is 0 Å².